The van der Waals surface area contributed by atoms with Crippen molar-refractivity contribution in [2.24, 2.45) is 0 Å². The van der Waals surface area contributed by atoms with E-state index in [-0.39, 0.29) is 17.7 Å². The van der Waals surface area contributed by atoms with Gasteiger partial charge in [-0.25, -0.2) is 4.79 Å². The Morgan fingerprint density at radius 1 is 1.27 bits per heavy atom. The van der Waals surface area contributed by atoms with Gasteiger partial charge in [0.2, 0.25) is 0 Å². The molecule has 3 rings (SSSR count). The zero-order valence-corrected chi connectivity index (χ0v) is 16.0. The minimum Gasteiger partial charge on any atom is -0.497 e. The number of hydrogen-bond acceptors (Lipinski definition) is 5. The summed E-state index contributed by atoms with van der Waals surface area (Å²) in [7, 11) is 3.19. The monoisotopic (exact) mass is 364 g/mol. The van der Waals surface area contributed by atoms with Crippen LogP contribution in [0.3, 0.4) is 0 Å². The lowest BCUT2D eigenvalue weighted by molar-refractivity contribution is -0.174. The molecule has 0 radical (unpaired) electrons. The second kappa shape index (κ2) is 7.72. The molecule has 2 heterocycles. The van der Waals surface area contributed by atoms with E-state index in [0.717, 1.165) is 18.4 Å². The zero-order chi connectivity index (χ0) is 18.7. The van der Waals surface area contributed by atoms with Crippen LogP contribution in [0.5, 0.6) is 11.5 Å². The molecule has 1 aromatic carbocycles. The molecule has 1 N–H and O–H groups in total. The minimum absolute atomic E-state index is 0.00598. The van der Waals surface area contributed by atoms with E-state index >= 15 is 0 Å². The second-order valence-corrected chi connectivity index (χ2v) is 7.04. The van der Waals surface area contributed by atoms with Crippen LogP contribution >= 0.6 is 0 Å². The lowest BCUT2D eigenvalue weighted by Gasteiger charge is -2.47. The van der Waals surface area contributed by atoms with Crippen LogP contribution in [0, 0.1) is 6.92 Å². The molecule has 0 aliphatic carbocycles. The Morgan fingerprint density at radius 2 is 2.00 bits per heavy atom. The van der Waals surface area contributed by atoms with E-state index < -0.39 is 0 Å². The summed E-state index contributed by atoms with van der Waals surface area (Å²) in [6, 6.07) is 3.48. The first-order chi connectivity index (χ1) is 12.5. The Hall–Kier alpha value is -1.99. The summed E-state index contributed by atoms with van der Waals surface area (Å²) in [5, 5.41) is 3.01. The first kappa shape index (κ1) is 18.8. The quantitative estimate of drug-likeness (QED) is 0.893. The molecule has 2 aliphatic heterocycles. The molecule has 7 nitrogen and oxygen atoms in total. The van der Waals surface area contributed by atoms with Crippen molar-refractivity contribution in [3.63, 3.8) is 0 Å². The summed E-state index contributed by atoms with van der Waals surface area (Å²) in [6.45, 7) is 6.41. The van der Waals surface area contributed by atoms with Gasteiger partial charge in [-0.3, -0.25) is 0 Å². The number of rotatable bonds is 3. The van der Waals surface area contributed by atoms with E-state index in [1.54, 1.807) is 20.3 Å². The number of hydrogen-bond donors (Lipinski definition) is 1. The number of benzene rings is 1. The van der Waals surface area contributed by atoms with Crippen LogP contribution in [-0.4, -0.2) is 63.2 Å². The van der Waals surface area contributed by atoms with Crippen LogP contribution in [0.15, 0.2) is 12.1 Å². The van der Waals surface area contributed by atoms with Gasteiger partial charge in [0.25, 0.3) is 0 Å². The molecule has 144 valence electrons. The van der Waals surface area contributed by atoms with Gasteiger partial charge in [0, 0.05) is 50.3 Å². The van der Waals surface area contributed by atoms with Crippen LogP contribution in [0.4, 0.5) is 10.5 Å². The summed E-state index contributed by atoms with van der Waals surface area (Å²) >= 11 is 0. The van der Waals surface area contributed by atoms with Crippen molar-refractivity contribution in [2.75, 3.05) is 45.8 Å². The molecule has 2 amide bonds. The van der Waals surface area contributed by atoms with Crippen molar-refractivity contribution in [1.82, 2.24) is 4.90 Å². The molecule has 0 aromatic heterocycles. The molecular formula is C19H28N2O5. The lowest BCUT2D eigenvalue weighted by atomic mass is 9.91. The van der Waals surface area contributed by atoms with Crippen molar-refractivity contribution < 1.29 is 23.7 Å². The van der Waals surface area contributed by atoms with Crippen molar-refractivity contribution in [3.05, 3.63) is 17.7 Å². The van der Waals surface area contributed by atoms with Gasteiger partial charge in [-0.1, -0.05) is 0 Å². The molecule has 1 atom stereocenters. The normalized spacial score (nSPS) is 22.2. The Morgan fingerprint density at radius 3 is 2.65 bits per heavy atom. The van der Waals surface area contributed by atoms with E-state index in [1.165, 1.54) is 0 Å². The van der Waals surface area contributed by atoms with Gasteiger partial charge in [0.1, 0.15) is 11.5 Å². The highest BCUT2D eigenvalue weighted by Crippen LogP contribution is 2.34. The fourth-order valence-corrected chi connectivity index (χ4v) is 3.71. The van der Waals surface area contributed by atoms with E-state index in [4.69, 9.17) is 18.9 Å². The molecule has 2 fully saturated rings. The number of morpholine rings is 1. The van der Waals surface area contributed by atoms with Gasteiger partial charge in [-0.2, -0.15) is 0 Å². The number of carbonyl (C=O) groups is 1. The fraction of sp³-hybridized carbons (Fsp3) is 0.632. The highest BCUT2D eigenvalue weighted by Gasteiger charge is 2.42. The van der Waals surface area contributed by atoms with E-state index in [9.17, 15) is 4.79 Å². The van der Waals surface area contributed by atoms with Gasteiger partial charge < -0.3 is 29.2 Å². The Kier molecular flexibility index (Phi) is 5.58. The third-order valence-corrected chi connectivity index (χ3v) is 5.13. The predicted molar refractivity (Wildman–Crippen MR) is 98.2 cm³/mol. The minimum atomic E-state index is -0.297. The maximum Gasteiger partial charge on any atom is 0.322 e. The Labute approximate surface area is 154 Å². The number of carbonyl (C=O) groups excluding carboxylic acids is 1. The first-order valence-corrected chi connectivity index (χ1v) is 9.00. The van der Waals surface area contributed by atoms with Gasteiger partial charge >= 0.3 is 6.03 Å². The second-order valence-electron chi connectivity index (χ2n) is 7.04. The number of nitrogens with zero attached hydrogens (tertiary/aromatic N) is 1. The average Bonchev–Trinajstić information content (AvgIpc) is 2.63. The van der Waals surface area contributed by atoms with Gasteiger partial charge in [-0.15, -0.1) is 0 Å². The van der Waals surface area contributed by atoms with Crippen LogP contribution in [-0.2, 0) is 9.47 Å². The number of urea groups is 1. The van der Waals surface area contributed by atoms with Crippen molar-refractivity contribution in [2.45, 2.75) is 38.4 Å². The number of ether oxygens (including phenoxy) is 4. The van der Waals surface area contributed by atoms with Crippen LogP contribution in [0.1, 0.15) is 25.3 Å². The number of amides is 2. The number of methoxy groups -OCH3 is 2. The molecular weight excluding hydrogens is 336 g/mol. The highest BCUT2D eigenvalue weighted by molar-refractivity contribution is 5.91. The average molecular weight is 364 g/mol. The Bertz CT molecular complexity index is 658. The molecule has 1 unspecified atom stereocenters. The molecule has 2 saturated heterocycles. The molecule has 7 heteroatoms. The van der Waals surface area contributed by atoms with Crippen molar-refractivity contribution in [3.8, 4) is 11.5 Å². The third kappa shape index (κ3) is 3.88. The van der Waals surface area contributed by atoms with Crippen LogP contribution in [0.25, 0.3) is 0 Å². The molecule has 1 aromatic rings. The summed E-state index contributed by atoms with van der Waals surface area (Å²) in [6.07, 6.45) is 1.62. The Balaban J connectivity index is 1.77. The third-order valence-electron chi connectivity index (χ3n) is 5.13. The smallest absolute Gasteiger partial charge is 0.322 e. The summed E-state index contributed by atoms with van der Waals surface area (Å²) in [5.41, 5.74) is 1.25. The molecule has 2 aliphatic rings. The largest absolute Gasteiger partial charge is 0.497 e. The van der Waals surface area contributed by atoms with Crippen LogP contribution in [0.2, 0.25) is 0 Å². The van der Waals surface area contributed by atoms with Crippen LogP contribution < -0.4 is 14.8 Å². The SMILES string of the molecule is COc1cc(NC(=O)N2CC(C)OC3(CCOCC3)C2)c(C)c(OC)c1. The number of nitrogens with one attached hydrogen (secondary N) is 1. The first-order valence-electron chi connectivity index (χ1n) is 9.00. The maximum absolute atomic E-state index is 12.9. The molecule has 0 saturated carbocycles. The molecule has 1 spiro atoms. The standard InChI is InChI=1S/C19H28N2O5/c1-13-11-21(12-19(26-13)5-7-25-8-6-19)18(22)20-16-9-15(23-3)10-17(24-4)14(16)2/h9-10,13H,5-8,11-12H2,1-4H3,(H,20,22). The predicted octanol–water partition coefficient (Wildman–Crippen LogP) is 2.81. The lowest BCUT2D eigenvalue weighted by Crippen LogP contribution is -2.59. The summed E-state index contributed by atoms with van der Waals surface area (Å²) in [5.74, 6) is 1.31. The van der Waals surface area contributed by atoms with Crippen molar-refractivity contribution >= 4 is 11.7 Å². The highest BCUT2D eigenvalue weighted by atomic mass is 16.5. The zero-order valence-electron chi connectivity index (χ0n) is 16.0. The summed E-state index contributed by atoms with van der Waals surface area (Å²) < 4.78 is 22.4. The fourth-order valence-electron chi connectivity index (χ4n) is 3.71. The topological polar surface area (TPSA) is 69.3 Å². The van der Waals surface area contributed by atoms with E-state index in [0.29, 0.717) is 43.5 Å². The van der Waals surface area contributed by atoms with E-state index in [2.05, 4.69) is 5.32 Å². The van der Waals surface area contributed by atoms with E-state index in [1.807, 2.05) is 24.8 Å². The summed E-state index contributed by atoms with van der Waals surface area (Å²) in [4.78, 5) is 14.8. The van der Waals surface area contributed by atoms with Gasteiger partial charge in [-0.05, 0) is 13.8 Å². The number of anilines is 1. The van der Waals surface area contributed by atoms with Gasteiger partial charge in [0.15, 0.2) is 0 Å². The molecule has 26 heavy (non-hydrogen) atoms. The van der Waals surface area contributed by atoms with Crippen molar-refractivity contribution in [1.29, 1.82) is 0 Å². The van der Waals surface area contributed by atoms with Gasteiger partial charge in [0.05, 0.1) is 38.2 Å². The molecule has 0 bridgehead atoms. The maximum atomic E-state index is 12.9.